The molecule has 1 aromatic rings. The van der Waals surface area contributed by atoms with Crippen LogP contribution in [0.2, 0.25) is 0 Å². The fourth-order valence-corrected chi connectivity index (χ4v) is 3.02. The van der Waals surface area contributed by atoms with Crippen molar-refractivity contribution in [1.82, 2.24) is 10.2 Å². The smallest absolute Gasteiger partial charge is 0.245 e. The van der Waals surface area contributed by atoms with Crippen LogP contribution in [0.25, 0.3) is 0 Å². The molecule has 5 heteroatoms. The van der Waals surface area contributed by atoms with Crippen molar-refractivity contribution < 1.29 is 9.00 Å². The van der Waals surface area contributed by atoms with Crippen molar-refractivity contribution in [3.63, 3.8) is 0 Å². The maximum atomic E-state index is 12.6. The molecule has 0 bridgehead atoms. The van der Waals surface area contributed by atoms with Crippen LogP contribution in [-0.2, 0) is 15.6 Å². The zero-order chi connectivity index (χ0) is 14.5. The first-order valence-corrected chi connectivity index (χ1v) is 8.77. The molecule has 0 spiro atoms. The van der Waals surface area contributed by atoms with Crippen molar-refractivity contribution in [3.8, 4) is 0 Å². The highest BCUT2D eigenvalue weighted by Gasteiger charge is 2.38. The van der Waals surface area contributed by atoms with E-state index in [0.717, 1.165) is 18.4 Å². The van der Waals surface area contributed by atoms with Gasteiger partial charge >= 0.3 is 0 Å². The second kappa shape index (κ2) is 6.99. The first kappa shape index (κ1) is 15.2. The minimum Gasteiger partial charge on any atom is -0.325 e. The van der Waals surface area contributed by atoms with Crippen molar-refractivity contribution in [2.75, 3.05) is 18.6 Å². The summed E-state index contributed by atoms with van der Waals surface area (Å²) < 4.78 is 11.3. The fourth-order valence-electron chi connectivity index (χ4n) is 2.56. The van der Waals surface area contributed by atoms with Crippen molar-refractivity contribution in [3.05, 3.63) is 35.9 Å². The molecule has 4 nitrogen and oxygen atoms in total. The number of carbonyl (C=O) groups is 1. The van der Waals surface area contributed by atoms with E-state index in [0.29, 0.717) is 12.3 Å². The lowest BCUT2D eigenvalue weighted by molar-refractivity contribution is -0.129. The minimum atomic E-state index is -0.873. The number of amides is 1. The summed E-state index contributed by atoms with van der Waals surface area (Å²) in [6, 6.07) is 9.52. The first-order chi connectivity index (χ1) is 9.63. The van der Waals surface area contributed by atoms with E-state index in [1.54, 1.807) is 6.26 Å². The van der Waals surface area contributed by atoms with Crippen molar-refractivity contribution in [2.45, 2.75) is 32.0 Å². The molecule has 0 aromatic heterocycles. The topological polar surface area (TPSA) is 49.4 Å². The summed E-state index contributed by atoms with van der Waals surface area (Å²) in [6.07, 6.45) is 3.67. The van der Waals surface area contributed by atoms with E-state index >= 15 is 0 Å². The van der Waals surface area contributed by atoms with Crippen LogP contribution >= 0.6 is 0 Å². The molecule has 1 aliphatic rings. The number of benzene rings is 1. The lowest BCUT2D eigenvalue weighted by atomic mass is 10.1. The van der Waals surface area contributed by atoms with Crippen molar-refractivity contribution in [2.24, 2.45) is 0 Å². The van der Waals surface area contributed by atoms with E-state index in [9.17, 15) is 9.00 Å². The van der Waals surface area contributed by atoms with Crippen LogP contribution in [0, 0.1) is 0 Å². The van der Waals surface area contributed by atoms with E-state index in [4.69, 9.17) is 0 Å². The van der Waals surface area contributed by atoms with Crippen molar-refractivity contribution in [1.29, 1.82) is 0 Å². The van der Waals surface area contributed by atoms with Crippen LogP contribution in [0.4, 0.5) is 0 Å². The Hall–Kier alpha value is -1.20. The molecule has 0 aliphatic carbocycles. The summed E-state index contributed by atoms with van der Waals surface area (Å²) in [5, 5.41) is 3.41. The Morgan fingerprint density at radius 3 is 2.60 bits per heavy atom. The van der Waals surface area contributed by atoms with E-state index in [-0.39, 0.29) is 18.1 Å². The van der Waals surface area contributed by atoms with E-state index in [2.05, 4.69) is 12.2 Å². The zero-order valence-corrected chi connectivity index (χ0v) is 12.9. The molecule has 1 amide bonds. The summed E-state index contributed by atoms with van der Waals surface area (Å²) >= 11 is 0. The van der Waals surface area contributed by atoms with Gasteiger partial charge in [-0.25, -0.2) is 0 Å². The molecule has 3 unspecified atom stereocenters. The Labute approximate surface area is 123 Å². The van der Waals surface area contributed by atoms with Gasteiger partial charge in [0.15, 0.2) is 0 Å². The molecule has 1 saturated heterocycles. The molecule has 1 aliphatic heterocycles. The lowest BCUT2D eigenvalue weighted by Gasteiger charge is -2.23. The average Bonchev–Trinajstić information content (AvgIpc) is 2.74. The molecule has 1 aromatic carbocycles. The Morgan fingerprint density at radius 1 is 1.30 bits per heavy atom. The van der Waals surface area contributed by atoms with Gasteiger partial charge in [-0.05, 0) is 12.0 Å². The van der Waals surface area contributed by atoms with Crippen LogP contribution in [0.15, 0.2) is 30.3 Å². The van der Waals surface area contributed by atoms with Crippen LogP contribution in [0.3, 0.4) is 0 Å². The van der Waals surface area contributed by atoms with Gasteiger partial charge in [-0.15, -0.1) is 0 Å². The van der Waals surface area contributed by atoms with Gasteiger partial charge in [-0.2, -0.15) is 0 Å². The number of hydrogen-bond acceptors (Lipinski definition) is 3. The van der Waals surface area contributed by atoms with Crippen LogP contribution < -0.4 is 5.32 Å². The number of nitrogens with one attached hydrogen (secondary N) is 1. The summed E-state index contributed by atoms with van der Waals surface area (Å²) in [6.45, 7) is 2.67. The summed E-state index contributed by atoms with van der Waals surface area (Å²) in [7, 11) is -0.873. The van der Waals surface area contributed by atoms with E-state index in [1.165, 1.54) is 0 Å². The van der Waals surface area contributed by atoms with Crippen LogP contribution in [0.5, 0.6) is 0 Å². The highest BCUT2D eigenvalue weighted by molar-refractivity contribution is 7.84. The lowest BCUT2D eigenvalue weighted by Crippen LogP contribution is -2.39. The first-order valence-electron chi connectivity index (χ1n) is 7.05. The standard InChI is InChI=1S/C15H22N2O2S/c1-3-7-13-16-14(12-8-5-4-6-9-12)15(18)17(13)10-11-20(2)19/h4-6,8-9,13-14,16H,3,7,10-11H2,1-2H3. The average molecular weight is 294 g/mol. The van der Waals surface area contributed by atoms with Gasteiger partial charge in [0.25, 0.3) is 0 Å². The maximum Gasteiger partial charge on any atom is 0.245 e. The minimum absolute atomic E-state index is 0.0567. The Morgan fingerprint density at radius 2 is 2.00 bits per heavy atom. The molecule has 1 fully saturated rings. The number of rotatable bonds is 6. The third kappa shape index (κ3) is 3.46. The number of carbonyl (C=O) groups excluding carboxylic acids is 1. The Balaban J connectivity index is 2.14. The predicted molar refractivity (Wildman–Crippen MR) is 81.7 cm³/mol. The molecule has 0 radical (unpaired) electrons. The highest BCUT2D eigenvalue weighted by atomic mass is 32.2. The highest BCUT2D eigenvalue weighted by Crippen LogP contribution is 2.25. The number of hydrogen-bond donors (Lipinski definition) is 1. The fraction of sp³-hybridized carbons (Fsp3) is 0.533. The van der Waals surface area contributed by atoms with Gasteiger partial charge in [-0.1, -0.05) is 43.7 Å². The summed E-state index contributed by atoms with van der Waals surface area (Å²) in [5.74, 6) is 0.634. The largest absolute Gasteiger partial charge is 0.325 e. The second-order valence-corrected chi connectivity index (χ2v) is 6.68. The van der Waals surface area contributed by atoms with Crippen LogP contribution in [-0.4, -0.2) is 39.7 Å². The molecule has 2 rings (SSSR count). The molecule has 3 atom stereocenters. The van der Waals surface area contributed by atoms with Gasteiger partial charge in [0.05, 0.1) is 6.17 Å². The molecule has 1 heterocycles. The van der Waals surface area contributed by atoms with Crippen LogP contribution in [0.1, 0.15) is 31.4 Å². The Kier molecular flexibility index (Phi) is 5.31. The number of nitrogens with zero attached hydrogens (tertiary/aromatic N) is 1. The summed E-state index contributed by atoms with van der Waals surface area (Å²) in [5.41, 5.74) is 0.999. The maximum absolute atomic E-state index is 12.6. The SMILES string of the molecule is CCCC1NC(c2ccccc2)C(=O)N1CCS(C)=O. The normalized spacial score (nSPS) is 24.1. The van der Waals surface area contributed by atoms with E-state index in [1.807, 2.05) is 35.2 Å². The molecular formula is C15H22N2O2S. The second-order valence-electron chi connectivity index (χ2n) is 5.12. The molecule has 110 valence electrons. The van der Waals surface area contributed by atoms with Gasteiger partial charge in [0.1, 0.15) is 6.04 Å². The molecule has 0 saturated carbocycles. The monoisotopic (exact) mass is 294 g/mol. The predicted octanol–water partition coefficient (Wildman–Crippen LogP) is 1.66. The van der Waals surface area contributed by atoms with Gasteiger partial charge < -0.3 is 4.90 Å². The third-order valence-electron chi connectivity index (χ3n) is 3.58. The molecule has 1 N–H and O–H groups in total. The Bertz CT molecular complexity index is 478. The third-order valence-corrected chi connectivity index (χ3v) is 4.34. The summed E-state index contributed by atoms with van der Waals surface area (Å²) in [4.78, 5) is 14.4. The van der Waals surface area contributed by atoms with Gasteiger partial charge in [0.2, 0.25) is 5.91 Å². The molecular weight excluding hydrogens is 272 g/mol. The van der Waals surface area contributed by atoms with Gasteiger partial charge in [0, 0.05) is 29.4 Å². The van der Waals surface area contributed by atoms with E-state index < -0.39 is 10.8 Å². The zero-order valence-electron chi connectivity index (χ0n) is 12.0. The quantitative estimate of drug-likeness (QED) is 0.868. The van der Waals surface area contributed by atoms with Gasteiger partial charge in [-0.3, -0.25) is 14.3 Å². The molecule has 20 heavy (non-hydrogen) atoms. The van der Waals surface area contributed by atoms with Crippen molar-refractivity contribution >= 4 is 16.7 Å².